The average molecular weight is 367 g/mol. The minimum absolute atomic E-state index is 0.0367. The number of rotatable bonds is 10. The monoisotopic (exact) mass is 367 g/mol. The van der Waals surface area contributed by atoms with E-state index in [0.29, 0.717) is 12.1 Å². The Morgan fingerprint density at radius 3 is 2.26 bits per heavy atom. The van der Waals surface area contributed by atoms with Gasteiger partial charge in [0.1, 0.15) is 0 Å². The Morgan fingerprint density at radius 1 is 0.926 bits per heavy atom. The Kier molecular flexibility index (Phi) is 8.36. The molecule has 0 unspecified atom stereocenters. The Balaban J connectivity index is 1.80. The molecule has 2 aromatic rings. The minimum Gasteiger partial charge on any atom is -0.372 e. The molecule has 27 heavy (non-hydrogen) atoms. The summed E-state index contributed by atoms with van der Waals surface area (Å²) in [6, 6.07) is 17.2. The van der Waals surface area contributed by atoms with E-state index in [0.717, 1.165) is 37.2 Å². The fraction of sp³-hybridized carbons (Fsp3) is 0.364. The van der Waals surface area contributed by atoms with Crippen molar-refractivity contribution in [2.45, 2.75) is 33.2 Å². The molecule has 0 aliphatic heterocycles. The van der Waals surface area contributed by atoms with Crippen LogP contribution in [0.4, 0.5) is 5.69 Å². The second kappa shape index (κ2) is 11.0. The first-order chi connectivity index (χ1) is 13.1. The molecule has 144 valence electrons. The number of unbranched alkanes of at least 4 members (excludes halogenated alkanes) is 1. The van der Waals surface area contributed by atoms with Crippen LogP contribution in [0.3, 0.4) is 0 Å². The molecule has 0 radical (unpaired) electrons. The van der Waals surface area contributed by atoms with E-state index in [4.69, 9.17) is 0 Å². The van der Waals surface area contributed by atoms with Crippen LogP contribution in [0.15, 0.2) is 54.6 Å². The topological polar surface area (TPSA) is 61.4 Å². The van der Waals surface area contributed by atoms with Gasteiger partial charge in [0.05, 0.1) is 6.54 Å². The van der Waals surface area contributed by atoms with Crippen molar-refractivity contribution in [2.75, 3.05) is 24.5 Å². The third-order valence-corrected chi connectivity index (χ3v) is 4.40. The van der Waals surface area contributed by atoms with Crippen molar-refractivity contribution < 1.29 is 9.59 Å². The molecule has 0 fully saturated rings. The van der Waals surface area contributed by atoms with E-state index in [9.17, 15) is 9.59 Å². The van der Waals surface area contributed by atoms with E-state index in [1.54, 1.807) is 12.1 Å². The molecule has 0 saturated heterocycles. The van der Waals surface area contributed by atoms with Crippen molar-refractivity contribution in [3.8, 4) is 0 Å². The molecule has 0 aromatic heterocycles. The van der Waals surface area contributed by atoms with Crippen LogP contribution in [0.25, 0.3) is 0 Å². The molecule has 0 heterocycles. The maximum atomic E-state index is 12.2. The third-order valence-electron chi connectivity index (χ3n) is 4.40. The highest BCUT2D eigenvalue weighted by molar-refractivity contribution is 5.96. The first-order valence-corrected chi connectivity index (χ1v) is 9.57. The quantitative estimate of drug-likeness (QED) is 0.677. The number of nitrogens with zero attached hydrogens (tertiary/aromatic N) is 1. The van der Waals surface area contributed by atoms with Crippen LogP contribution in [0, 0.1) is 0 Å². The van der Waals surface area contributed by atoms with Crippen LogP contribution in [-0.4, -0.2) is 31.4 Å². The van der Waals surface area contributed by atoms with Crippen molar-refractivity contribution in [3.63, 3.8) is 0 Å². The minimum atomic E-state index is -0.243. The number of carbonyl (C=O) groups is 2. The Hall–Kier alpha value is -2.82. The van der Waals surface area contributed by atoms with Gasteiger partial charge in [0.25, 0.3) is 5.91 Å². The van der Waals surface area contributed by atoms with E-state index in [-0.39, 0.29) is 18.4 Å². The van der Waals surface area contributed by atoms with E-state index in [1.807, 2.05) is 42.5 Å². The van der Waals surface area contributed by atoms with Crippen molar-refractivity contribution in [3.05, 3.63) is 65.7 Å². The molecular weight excluding hydrogens is 338 g/mol. The fourth-order valence-electron chi connectivity index (χ4n) is 2.76. The maximum Gasteiger partial charge on any atom is 0.251 e. The van der Waals surface area contributed by atoms with Crippen LogP contribution in [-0.2, 0) is 11.3 Å². The molecule has 2 amide bonds. The summed E-state index contributed by atoms with van der Waals surface area (Å²) in [7, 11) is 0. The van der Waals surface area contributed by atoms with Crippen LogP contribution in [0.2, 0.25) is 0 Å². The number of carbonyl (C=O) groups excluding carboxylic acids is 2. The van der Waals surface area contributed by atoms with Gasteiger partial charge in [-0.15, -0.1) is 0 Å². The number of anilines is 1. The normalized spacial score (nSPS) is 10.3. The van der Waals surface area contributed by atoms with E-state index >= 15 is 0 Å². The first-order valence-electron chi connectivity index (χ1n) is 9.57. The zero-order chi connectivity index (χ0) is 19.5. The van der Waals surface area contributed by atoms with E-state index in [2.05, 4.69) is 29.4 Å². The van der Waals surface area contributed by atoms with Gasteiger partial charge < -0.3 is 15.5 Å². The zero-order valence-electron chi connectivity index (χ0n) is 16.2. The highest BCUT2D eigenvalue weighted by atomic mass is 16.2. The SMILES string of the molecule is CCCCN(CC)c1ccc(C(=O)NCC(=O)NCc2ccccc2)cc1. The van der Waals surface area contributed by atoms with E-state index < -0.39 is 0 Å². The molecular formula is C22H29N3O2. The summed E-state index contributed by atoms with van der Waals surface area (Å²) < 4.78 is 0. The lowest BCUT2D eigenvalue weighted by atomic mass is 10.1. The van der Waals surface area contributed by atoms with Crippen molar-refractivity contribution in [1.82, 2.24) is 10.6 Å². The molecule has 5 nitrogen and oxygen atoms in total. The number of benzene rings is 2. The summed E-state index contributed by atoms with van der Waals surface area (Å²) >= 11 is 0. The lowest BCUT2D eigenvalue weighted by Gasteiger charge is -2.23. The van der Waals surface area contributed by atoms with Crippen molar-refractivity contribution >= 4 is 17.5 Å². The van der Waals surface area contributed by atoms with Crippen LogP contribution in [0.1, 0.15) is 42.6 Å². The number of amides is 2. The van der Waals surface area contributed by atoms with Crippen LogP contribution in [0.5, 0.6) is 0 Å². The summed E-state index contributed by atoms with van der Waals surface area (Å²) in [4.78, 5) is 26.4. The van der Waals surface area contributed by atoms with Crippen molar-refractivity contribution in [2.24, 2.45) is 0 Å². The largest absolute Gasteiger partial charge is 0.372 e. The standard InChI is InChI=1S/C22H29N3O2/c1-3-5-15-25(4-2)20-13-11-19(12-14-20)22(27)24-17-21(26)23-16-18-9-7-6-8-10-18/h6-14H,3-5,15-17H2,1-2H3,(H,23,26)(H,24,27). The van der Waals surface area contributed by atoms with Crippen LogP contribution < -0.4 is 15.5 Å². The Morgan fingerprint density at radius 2 is 1.63 bits per heavy atom. The highest BCUT2D eigenvalue weighted by Crippen LogP contribution is 2.16. The summed E-state index contributed by atoms with van der Waals surface area (Å²) in [5.41, 5.74) is 2.69. The van der Waals surface area contributed by atoms with Gasteiger partial charge in [-0.05, 0) is 43.2 Å². The van der Waals surface area contributed by atoms with Gasteiger partial charge in [0, 0.05) is 30.9 Å². The van der Waals surface area contributed by atoms with Gasteiger partial charge in [-0.1, -0.05) is 43.7 Å². The zero-order valence-corrected chi connectivity index (χ0v) is 16.2. The van der Waals surface area contributed by atoms with E-state index in [1.165, 1.54) is 0 Å². The average Bonchev–Trinajstić information content (AvgIpc) is 2.72. The first kappa shape index (κ1) is 20.5. The van der Waals surface area contributed by atoms with Gasteiger partial charge in [-0.3, -0.25) is 9.59 Å². The van der Waals surface area contributed by atoms with Gasteiger partial charge in [-0.2, -0.15) is 0 Å². The number of hydrogen-bond donors (Lipinski definition) is 2. The predicted molar refractivity (Wildman–Crippen MR) is 110 cm³/mol. The molecule has 2 aromatic carbocycles. The highest BCUT2D eigenvalue weighted by Gasteiger charge is 2.09. The summed E-state index contributed by atoms with van der Waals surface area (Å²) in [5, 5.41) is 5.46. The predicted octanol–water partition coefficient (Wildman–Crippen LogP) is 3.36. The molecule has 5 heteroatoms. The van der Waals surface area contributed by atoms with Gasteiger partial charge in [0.2, 0.25) is 5.91 Å². The van der Waals surface area contributed by atoms with Gasteiger partial charge in [-0.25, -0.2) is 0 Å². The Labute approximate surface area is 161 Å². The molecule has 2 N–H and O–H groups in total. The second-order valence-electron chi connectivity index (χ2n) is 6.43. The second-order valence-corrected chi connectivity index (χ2v) is 6.43. The van der Waals surface area contributed by atoms with Gasteiger partial charge >= 0.3 is 0 Å². The molecule has 0 aliphatic rings. The molecule has 0 atom stereocenters. The molecule has 0 aliphatic carbocycles. The lowest BCUT2D eigenvalue weighted by molar-refractivity contribution is -0.120. The summed E-state index contributed by atoms with van der Waals surface area (Å²) in [6.45, 7) is 6.68. The lowest BCUT2D eigenvalue weighted by Crippen LogP contribution is -2.36. The molecule has 0 spiro atoms. The molecule has 0 bridgehead atoms. The van der Waals surface area contributed by atoms with Crippen LogP contribution >= 0.6 is 0 Å². The number of hydrogen-bond acceptors (Lipinski definition) is 3. The smallest absolute Gasteiger partial charge is 0.251 e. The van der Waals surface area contributed by atoms with Crippen molar-refractivity contribution in [1.29, 1.82) is 0 Å². The Bertz CT molecular complexity index is 714. The summed E-state index contributed by atoms with van der Waals surface area (Å²) in [6.07, 6.45) is 2.30. The van der Waals surface area contributed by atoms with Gasteiger partial charge in [0.15, 0.2) is 0 Å². The molecule has 2 rings (SSSR count). The maximum absolute atomic E-state index is 12.2. The number of nitrogens with one attached hydrogen (secondary N) is 2. The molecule has 0 saturated carbocycles. The summed E-state index contributed by atoms with van der Waals surface area (Å²) in [5.74, 6) is -0.450. The third kappa shape index (κ3) is 6.77. The fourth-order valence-corrected chi connectivity index (χ4v) is 2.76.